The third kappa shape index (κ3) is 5.04. The molecule has 0 atom stereocenters. The van der Waals surface area contributed by atoms with E-state index >= 15 is 0 Å². The Morgan fingerprint density at radius 1 is 1.21 bits per heavy atom. The molecule has 0 unspecified atom stereocenters. The van der Waals surface area contributed by atoms with Crippen molar-refractivity contribution in [2.24, 2.45) is 7.05 Å². The Bertz CT molecular complexity index is 1090. The number of carbonyl (C=O) groups excluding carboxylic acids is 1. The predicted octanol–water partition coefficient (Wildman–Crippen LogP) is 4.86. The van der Waals surface area contributed by atoms with Crippen molar-refractivity contribution in [2.75, 3.05) is 5.32 Å². The molecule has 0 aliphatic heterocycles. The van der Waals surface area contributed by atoms with Crippen LogP contribution in [0.3, 0.4) is 0 Å². The largest absolute Gasteiger partial charge is 0.487 e. The average molecular weight is 423 g/mol. The van der Waals surface area contributed by atoms with E-state index in [9.17, 15) is 4.79 Å². The van der Waals surface area contributed by atoms with Gasteiger partial charge < -0.3 is 14.6 Å². The molecular formula is C21H18N4O2S2. The number of nitrogens with one attached hydrogen (secondary N) is 1. The topological polar surface area (TPSA) is 69.0 Å². The van der Waals surface area contributed by atoms with Crippen molar-refractivity contribution in [3.63, 3.8) is 0 Å². The highest BCUT2D eigenvalue weighted by Crippen LogP contribution is 2.27. The normalized spacial score (nSPS) is 10.7. The van der Waals surface area contributed by atoms with Crippen LogP contribution in [0.2, 0.25) is 0 Å². The molecule has 146 valence electrons. The molecule has 2 aromatic heterocycles. The molecule has 1 N–H and O–H groups in total. The number of thiazole rings is 1. The van der Waals surface area contributed by atoms with E-state index in [0.717, 1.165) is 21.4 Å². The van der Waals surface area contributed by atoms with Crippen molar-refractivity contribution in [2.45, 2.75) is 16.7 Å². The molecule has 4 rings (SSSR count). The van der Waals surface area contributed by atoms with Crippen LogP contribution in [0, 0.1) is 0 Å². The van der Waals surface area contributed by atoms with Gasteiger partial charge in [0, 0.05) is 41.0 Å². The zero-order valence-electron chi connectivity index (χ0n) is 15.6. The summed E-state index contributed by atoms with van der Waals surface area (Å²) in [5.41, 5.74) is 3.90. The SMILES string of the molecule is Cn1ccnc1Sc1ccc(NC(=O)c2cccc(OCc3cscn3)c2)cc1. The summed E-state index contributed by atoms with van der Waals surface area (Å²) < 4.78 is 7.68. The van der Waals surface area contributed by atoms with Gasteiger partial charge in [0.15, 0.2) is 5.16 Å². The van der Waals surface area contributed by atoms with E-state index in [1.54, 1.807) is 41.7 Å². The second-order valence-electron chi connectivity index (χ2n) is 6.20. The lowest BCUT2D eigenvalue weighted by atomic mass is 10.2. The van der Waals surface area contributed by atoms with Gasteiger partial charge in [-0.25, -0.2) is 9.97 Å². The fraction of sp³-hybridized carbons (Fsp3) is 0.0952. The van der Waals surface area contributed by atoms with Crippen LogP contribution < -0.4 is 10.1 Å². The molecule has 8 heteroatoms. The maximum Gasteiger partial charge on any atom is 0.255 e. The number of benzene rings is 2. The summed E-state index contributed by atoms with van der Waals surface area (Å²) >= 11 is 3.09. The Labute approximate surface area is 176 Å². The van der Waals surface area contributed by atoms with Gasteiger partial charge in [0.1, 0.15) is 12.4 Å². The molecule has 2 heterocycles. The van der Waals surface area contributed by atoms with E-state index in [1.807, 2.05) is 53.5 Å². The van der Waals surface area contributed by atoms with Gasteiger partial charge in [0.2, 0.25) is 0 Å². The third-order valence-corrected chi connectivity index (χ3v) is 5.78. The zero-order valence-corrected chi connectivity index (χ0v) is 17.2. The lowest BCUT2D eigenvalue weighted by Crippen LogP contribution is -2.11. The fourth-order valence-corrected chi connectivity index (χ4v) is 3.90. The molecule has 1 amide bonds. The minimum absolute atomic E-state index is 0.186. The van der Waals surface area contributed by atoms with E-state index in [2.05, 4.69) is 15.3 Å². The summed E-state index contributed by atoms with van der Waals surface area (Å²) in [6.45, 7) is 0.379. The molecule has 2 aromatic carbocycles. The van der Waals surface area contributed by atoms with Crippen LogP contribution in [0.25, 0.3) is 0 Å². The number of aromatic nitrogens is 3. The van der Waals surface area contributed by atoms with Crippen LogP contribution in [0.5, 0.6) is 5.75 Å². The molecule has 6 nitrogen and oxygen atoms in total. The molecule has 0 saturated carbocycles. The summed E-state index contributed by atoms with van der Waals surface area (Å²) in [4.78, 5) is 22.1. The van der Waals surface area contributed by atoms with Crippen LogP contribution in [0.4, 0.5) is 5.69 Å². The van der Waals surface area contributed by atoms with Gasteiger partial charge in [-0.3, -0.25) is 4.79 Å². The van der Waals surface area contributed by atoms with E-state index in [0.29, 0.717) is 17.9 Å². The third-order valence-electron chi connectivity index (χ3n) is 4.06. The first-order valence-electron chi connectivity index (χ1n) is 8.84. The molecule has 29 heavy (non-hydrogen) atoms. The highest BCUT2D eigenvalue weighted by molar-refractivity contribution is 7.99. The van der Waals surface area contributed by atoms with Crippen molar-refractivity contribution in [1.29, 1.82) is 0 Å². The van der Waals surface area contributed by atoms with Gasteiger partial charge in [-0.15, -0.1) is 11.3 Å². The van der Waals surface area contributed by atoms with E-state index < -0.39 is 0 Å². The van der Waals surface area contributed by atoms with Crippen LogP contribution >= 0.6 is 23.1 Å². The number of anilines is 1. The standard InChI is InChI=1S/C21H18N4O2S2/c1-25-10-9-22-21(25)29-19-7-5-16(6-8-19)24-20(26)15-3-2-4-18(11-15)27-12-17-13-28-14-23-17/h2-11,13-14H,12H2,1H3,(H,24,26). The molecule has 0 spiro atoms. The van der Waals surface area contributed by atoms with Crippen LogP contribution in [-0.2, 0) is 13.7 Å². The monoisotopic (exact) mass is 422 g/mol. The lowest BCUT2D eigenvalue weighted by Gasteiger charge is -2.09. The van der Waals surface area contributed by atoms with Gasteiger partial charge in [0.25, 0.3) is 5.91 Å². The first-order chi connectivity index (χ1) is 14.2. The Kier molecular flexibility index (Phi) is 5.92. The Hall–Kier alpha value is -3.10. The van der Waals surface area contributed by atoms with E-state index in [4.69, 9.17) is 4.74 Å². The number of rotatable bonds is 7. The van der Waals surface area contributed by atoms with Gasteiger partial charge in [-0.1, -0.05) is 17.8 Å². The first kappa shape index (κ1) is 19.2. The zero-order chi connectivity index (χ0) is 20.1. The molecule has 0 aliphatic rings. The molecule has 4 aromatic rings. The summed E-state index contributed by atoms with van der Waals surface area (Å²) in [5.74, 6) is 0.445. The number of amides is 1. The molecule has 0 aliphatic carbocycles. The minimum atomic E-state index is -0.186. The maximum atomic E-state index is 12.6. The number of hydrogen-bond acceptors (Lipinski definition) is 6. The Morgan fingerprint density at radius 3 is 2.79 bits per heavy atom. The van der Waals surface area contributed by atoms with Crippen molar-refractivity contribution in [3.8, 4) is 5.75 Å². The summed E-state index contributed by atoms with van der Waals surface area (Å²) in [7, 11) is 1.96. The highest BCUT2D eigenvalue weighted by Gasteiger charge is 2.09. The number of carbonyl (C=O) groups is 1. The summed E-state index contributed by atoms with van der Waals surface area (Å²) in [6.07, 6.45) is 3.68. The Balaban J connectivity index is 1.37. The lowest BCUT2D eigenvalue weighted by molar-refractivity contribution is 0.102. The number of imidazole rings is 1. The second kappa shape index (κ2) is 8.93. The van der Waals surface area contributed by atoms with Gasteiger partial charge in [-0.05, 0) is 42.5 Å². The molecular weight excluding hydrogens is 404 g/mol. The smallest absolute Gasteiger partial charge is 0.255 e. The quantitative estimate of drug-likeness (QED) is 0.461. The van der Waals surface area contributed by atoms with Crippen molar-refractivity contribution >= 4 is 34.7 Å². The second-order valence-corrected chi connectivity index (χ2v) is 7.96. The number of nitrogens with zero attached hydrogens (tertiary/aromatic N) is 3. The van der Waals surface area contributed by atoms with Crippen LogP contribution in [-0.4, -0.2) is 20.4 Å². The minimum Gasteiger partial charge on any atom is -0.487 e. The predicted molar refractivity (Wildman–Crippen MR) is 115 cm³/mol. The summed E-state index contributed by atoms with van der Waals surface area (Å²) in [6, 6.07) is 14.8. The van der Waals surface area contributed by atoms with Gasteiger partial charge >= 0.3 is 0 Å². The average Bonchev–Trinajstić information content (AvgIpc) is 3.40. The number of aryl methyl sites for hydroxylation is 1. The molecule has 0 bridgehead atoms. The molecule has 0 radical (unpaired) electrons. The summed E-state index contributed by atoms with van der Waals surface area (Å²) in [5, 5.41) is 5.77. The van der Waals surface area contributed by atoms with Gasteiger partial charge in [0.05, 0.1) is 11.2 Å². The van der Waals surface area contributed by atoms with Crippen LogP contribution in [0.1, 0.15) is 16.1 Å². The first-order valence-corrected chi connectivity index (χ1v) is 10.6. The fourth-order valence-electron chi connectivity index (χ4n) is 2.56. The van der Waals surface area contributed by atoms with Crippen molar-refractivity contribution in [1.82, 2.24) is 14.5 Å². The van der Waals surface area contributed by atoms with Crippen molar-refractivity contribution in [3.05, 3.63) is 83.1 Å². The van der Waals surface area contributed by atoms with Gasteiger partial charge in [-0.2, -0.15) is 0 Å². The Morgan fingerprint density at radius 2 is 2.07 bits per heavy atom. The molecule has 0 fully saturated rings. The maximum absolute atomic E-state index is 12.6. The number of ether oxygens (including phenoxy) is 1. The van der Waals surface area contributed by atoms with E-state index in [1.165, 1.54) is 11.3 Å². The molecule has 0 saturated heterocycles. The van der Waals surface area contributed by atoms with E-state index in [-0.39, 0.29) is 5.91 Å². The number of hydrogen-bond donors (Lipinski definition) is 1. The van der Waals surface area contributed by atoms with Crippen LogP contribution in [0.15, 0.2) is 81.9 Å². The highest BCUT2D eigenvalue weighted by atomic mass is 32.2. The van der Waals surface area contributed by atoms with Crippen molar-refractivity contribution < 1.29 is 9.53 Å².